The van der Waals surface area contributed by atoms with Crippen molar-refractivity contribution in [1.82, 2.24) is 14.8 Å². The zero-order chi connectivity index (χ0) is 23.3. The van der Waals surface area contributed by atoms with Gasteiger partial charge in [0.15, 0.2) is 0 Å². The maximum absolute atomic E-state index is 9.84. The third-order valence-corrected chi connectivity index (χ3v) is 6.75. The van der Waals surface area contributed by atoms with Crippen molar-refractivity contribution in [1.29, 1.82) is 5.26 Å². The van der Waals surface area contributed by atoms with Crippen molar-refractivity contribution in [3.8, 4) is 6.07 Å². The van der Waals surface area contributed by atoms with E-state index in [9.17, 15) is 15.5 Å². The van der Waals surface area contributed by atoms with Crippen molar-refractivity contribution in [3.63, 3.8) is 0 Å². The topological polar surface area (TPSA) is 90.1 Å². The van der Waals surface area contributed by atoms with Crippen LogP contribution in [-0.4, -0.2) is 102 Å². The van der Waals surface area contributed by atoms with E-state index in [1.807, 2.05) is 26.0 Å². The monoisotopic (exact) mass is 444 g/mol. The molecular weight excluding hydrogens is 404 g/mol. The average molecular weight is 445 g/mol. The van der Waals surface area contributed by atoms with Gasteiger partial charge in [0.1, 0.15) is 17.7 Å². The van der Waals surface area contributed by atoms with Gasteiger partial charge in [0.2, 0.25) is 0 Å². The van der Waals surface area contributed by atoms with E-state index in [0.29, 0.717) is 30.7 Å². The summed E-state index contributed by atoms with van der Waals surface area (Å²) in [7, 11) is 0. The third-order valence-electron chi connectivity index (χ3n) is 6.75. The standard InChI is InChI=1S/C24H40N6O2/c1-5-21-16-29(11-9-27(21)14-18(3)31)23-8-7-20(13-25)24(26-23)30-12-10-28(15-19(4)32)22(6-2)17-30/h7-8,18-19,21-22,31-32H,5-6,9-12,14-17H2,1-4H3/t18-,19-,21+,22-/m0/s1. The molecule has 0 bridgehead atoms. The molecule has 2 fully saturated rings. The van der Waals surface area contributed by atoms with Crippen molar-refractivity contribution >= 4 is 11.6 Å². The van der Waals surface area contributed by atoms with E-state index in [4.69, 9.17) is 4.98 Å². The number of β-amino-alcohol motifs (C(OH)–C–C–N with tert-alkyl or cyclic N) is 2. The molecule has 0 saturated carbocycles. The van der Waals surface area contributed by atoms with E-state index in [0.717, 1.165) is 63.7 Å². The van der Waals surface area contributed by atoms with E-state index in [1.54, 1.807) is 0 Å². The second-order valence-electron chi connectivity index (χ2n) is 9.36. The molecule has 8 nitrogen and oxygen atoms in total. The molecule has 0 aliphatic carbocycles. The molecule has 1 aromatic rings. The number of piperazine rings is 2. The van der Waals surface area contributed by atoms with Crippen LogP contribution in [0.2, 0.25) is 0 Å². The Morgan fingerprint density at radius 3 is 1.97 bits per heavy atom. The number of anilines is 2. The molecule has 0 unspecified atom stereocenters. The van der Waals surface area contributed by atoms with Crippen molar-refractivity contribution < 1.29 is 10.2 Å². The van der Waals surface area contributed by atoms with Gasteiger partial charge in [-0.15, -0.1) is 0 Å². The molecule has 0 radical (unpaired) electrons. The Morgan fingerprint density at radius 1 is 0.938 bits per heavy atom. The summed E-state index contributed by atoms with van der Waals surface area (Å²) in [5.41, 5.74) is 0.618. The number of hydrogen-bond donors (Lipinski definition) is 2. The molecule has 4 atom stereocenters. The second-order valence-corrected chi connectivity index (χ2v) is 9.36. The van der Waals surface area contributed by atoms with Gasteiger partial charge in [-0.05, 0) is 38.8 Å². The lowest BCUT2D eigenvalue weighted by Crippen LogP contribution is -2.55. The van der Waals surface area contributed by atoms with Crippen LogP contribution in [0.25, 0.3) is 0 Å². The predicted octanol–water partition coefficient (Wildman–Crippen LogP) is 1.52. The van der Waals surface area contributed by atoms with E-state index in [2.05, 4.69) is 39.5 Å². The van der Waals surface area contributed by atoms with Gasteiger partial charge in [0.05, 0.1) is 17.8 Å². The number of nitrogens with zero attached hydrogens (tertiary/aromatic N) is 6. The van der Waals surface area contributed by atoms with Crippen molar-refractivity contribution in [3.05, 3.63) is 17.7 Å². The summed E-state index contributed by atoms with van der Waals surface area (Å²) in [6.45, 7) is 14.5. The Kier molecular flexibility index (Phi) is 8.72. The third kappa shape index (κ3) is 5.90. The van der Waals surface area contributed by atoms with Crippen molar-refractivity contribution in [2.75, 3.05) is 62.2 Å². The Hall–Kier alpha value is -1.92. The molecule has 2 aliphatic rings. The fourth-order valence-electron chi connectivity index (χ4n) is 5.06. The molecule has 2 saturated heterocycles. The van der Waals surface area contributed by atoms with Crippen LogP contribution in [0.3, 0.4) is 0 Å². The molecule has 3 rings (SSSR count). The molecule has 2 N–H and O–H groups in total. The van der Waals surface area contributed by atoms with Gasteiger partial charge in [-0.3, -0.25) is 9.80 Å². The van der Waals surface area contributed by atoms with Gasteiger partial charge in [0.25, 0.3) is 0 Å². The maximum atomic E-state index is 9.84. The highest BCUT2D eigenvalue weighted by Gasteiger charge is 2.30. The average Bonchev–Trinajstić information content (AvgIpc) is 2.78. The molecule has 3 heterocycles. The fourth-order valence-corrected chi connectivity index (χ4v) is 5.06. The first kappa shape index (κ1) is 24.7. The van der Waals surface area contributed by atoms with Crippen LogP contribution in [0.15, 0.2) is 12.1 Å². The molecule has 0 aromatic carbocycles. The zero-order valence-electron chi connectivity index (χ0n) is 20.1. The number of pyridine rings is 1. The van der Waals surface area contributed by atoms with E-state index < -0.39 is 0 Å². The lowest BCUT2D eigenvalue weighted by Gasteiger charge is -2.43. The maximum Gasteiger partial charge on any atom is 0.149 e. The van der Waals surface area contributed by atoms with Gasteiger partial charge in [-0.2, -0.15) is 5.26 Å². The first-order chi connectivity index (χ1) is 15.4. The summed E-state index contributed by atoms with van der Waals surface area (Å²) in [6.07, 6.45) is 1.35. The van der Waals surface area contributed by atoms with Crippen LogP contribution >= 0.6 is 0 Å². The Bertz CT molecular complexity index is 780. The van der Waals surface area contributed by atoms with Gasteiger partial charge < -0.3 is 20.0 Å². The van der Waals surface area contributed by atoms with Crippen molar-refractivity contribution in [2.24, 2.45) is 0 Å². The van der Waals surface area contributed by atoms with Gasteiger partial charge >= 0.3 is 0 Å². The minimum absolute atomic E-state index is 0.325. The molecule has 0 amide bonds. The first-order valence-electron chi connectivity index (χ1n) is 12.1. The minimum atomic E-state index is -0.342. The predicted molar refractivity (Wildman–Crippen MR) is 128 cm³/mol. The molecule has 0 spiro atoms. The summed E-state index contributed by atoms with van der Waals surface area (Å²) in [6, 6.07) is 6.93. The van der Waals surface area contributed by atoms with Crippen LogP contribution in [0.1, 0.15) is 46.1 Å². The van der Waals surface area contributed by atoms with Crippen LogP contribution in [-0.2, 0) is 0 Å². The Labute approximate surface area is 193 Å². The number of aliphatic hydroxyl groups is 2. The molecule has 178 valence electrons. The molecule has 1 aromatic heterocycles. The minimum Gasteiger partial charge on any atom is -0.392 e. The summed E-state index contributed by atoms with van der Waals surface area (Å²) >= 11 is 0. The highest BCUT2D eigenvalue weighted by atomic mass is 16.3. The van der Waals surface area contributed by atoms with Crippen LogP contribution in [0.4, 0.5) is 11.6 Å². The summed E-state index contributed by atoms with van der Waals surface area (Å²) < 4.78 is 0. The normalized spacial score (nSPS) is 24.9. The number of rotatable bonds is 8. The molecule has 8 heteroatoms. The van der Waals surface area contributed by atoms with Gasteiger partial charge in [-0.1, -0.05) is 13.8 Å². The van der Waals surface area contributed by atoms with Gasteiger partial charge in [-0.25, -0.2) is 4.98 Å². The number of hydrogen-bond acceptors (Lipinski definition) is 8. The lowest BCUT2D eigenvalue weighted by atomic mass is 10.1. The lowest BCUT2D eigenvalue weighted by molar-refractivity contribution is 0.0882. The highest BCUT2D eigenvalue weighted by Crippen LogP contribution is 2.27. The number of aromatic nitrogens is 1. The van der Waals surface area contributed by atoms with Crippen LogP contribution in [0, 0.1) is 11.3 Å². The summed E-state index contributed by atoms with van der Waals surface area (Å²) in [5.74, 6) is 1.70. The summed E-state index contributed by atoms with van der Waals surface area (Å²) in [4.78, 5) is 14.3. The fraction of sp³-hybridized carbons (Fsp3) is 0.750. The molecule has 2 aliphatic heterocycles. The largest absolute Gasteiger partial charge is 0.392 e. The quantitative estimate of drug-likeness (QED) is 0.624. The zero-order valence-corrected chi connectivity index (χ0v) is 20.1. The van der Waals surface area contributed by atoms with E-state index in [1.165, 1.54) is 0 Å². The second kappa shape index (κ2) is 11.3. The SMILES string of the molecule is CC[C@@H]1CN(c2ccc(C#N)c(N3CCN(C[C@H](C)O)[C@@H](CC)C3)n2)CCN1C[C@H](C)O. The molecular formula is C24H40N6O2. The highest BCUT2D eigenvalue weighted by molar-refractivity contribution is 5.59. The van der Waals surface area contributed by atoms with Crippen LogP contribution < -0.4 is 9.80 Å². The van der Waals surface area contributed by atoms with Gasteiger partial charge in [0, 0.05) is 64.4 Å². The Morgan fingerprint density at radius 2 is 1.47 bits per heavy atom. The smallest absolute Gasteiger partial charge is 0.149 e. The number of nitriles is 1. The van der Waals surface area contributed by atoms with E-state index in [-0.39, 0.29) is 12.2 Å². The Balaban J connectivity index is 1.77. The van der Waals surface area contributed by atoms with Crippen LogP contribution in [0.5, 0.6) is 0 Å². The first-order valence-corrected chi connectivity index (χ1v) is 12.1. The summed E-state index contributed by atoms with van der Waals surface area (Å²) in [5, 5.41) is 29.4. The van der Waals surface area contributed by atoms with Crippen molar-refractivity contribution in [2.45, 2.75) is 64.8 Å². The molecule has 32 heavy (non-hydrogen) atoms. The van der Waals surface area contributed by atoms with E-state index >= 15 is 0 Å². The number of aliphatic hydroxyl groups excluding tert-OH is 2.